The zero-order valence-electron chi connectivity index (χ0n) is 13.0. The van der Waals surface area contributed by atoms with E-state index < -0.39 is 18.0 Å². The molecule has 1 amide bonds. The molecule has 3 heterocycles. The van der Waals surface area contributed by atoms with Crippen LogP contribution in [0.5, 0.6) is 0 Å². The smallest absolute Gasteiger partial charge is 0.366 e. The predicted molar refractivity (Wildman–Crippen MR) is 82.6 cm³/mol. The van der Waals surface area contributed by atoms with Gasteiger partial charge in [0.1, 0.15) is 5.82 Å². The number of primary amides is 1. The van der Waals surface area contributed by atoms with Crippen LogP contribution in [-0.2, 0) is 12.7 Å². The van der Waals surface area contributed by atoms with Crippen molar-refractivity contribution in [2.75, 3.05) is 5.32 Å². The Morgan fingerprint density at radius 3 is 2.65 bits per heavy atom. The summed E-state index contributed by atoms with van der Waals surface area (Å²) in [5, 5.41) is 6.25. The number of nitrogens with two attached hydrogens (primary N) is 1. The van der Waals surface area contributed by atoms with Gasteiger partial charge in [-0.15, -0.1) is 0 Å². The van der Waals surface area contributed by atoms with Gasteiger partial charge in [0, 0.05) is 23.5 Å². The maximum Gasteiger partial charge on any atom is 0.471 e. The zero-order chi connectivity index (χ0) is 18.7. The van der Waals surface area contributed by atoms with E-state index in [1.807, 2.05) is 0 Å². The first-order valence-corrected chi connectivity index (χ1v) is 7.19. The Balaban J connectivity index is 1.67. The zero-order valence-corrected chi connectivity index (χ0v) is 13.0. The number of rotatable bonds is 5. The van der Waals surface area contributed by atoms with Crippen molar-refractivity contribution in [1.29, 1.82) is 0 Å². The molecule has 26 heavy (non-hydrogen) atoms. The SMILES string of the molecule is NC(=O)c1ccnc(NCc2ccc(-c3noc(C(F)(F)F)n3)cn2)c1. The predicted octanol–water partition coefficient (Wildman–Crippen LogP) is 2.26. The van der Waals surface area contributed by atoms with Crippen molar-refractivity contribution >= 4 is 11.7 Å². The van der Waals surface area contributed by atoms with E-state index in [0.717, 1.165) is 0 Å². The molecule has 0 atom stereocenters. The number of carbonyl (C=O) groups is 1. The number of hydrogen-bond donors (Lipinski definition) is 2. The summed E-state index contributed by atoms with van der Waals surface area (Å²) in [6, 6.07) is 6.08. The second-order valence-corrected chi connectivity index (χ2v) is 5.11. The molecule has 0 saturated heterocycles. The molecule has 3 N–H and O–H groups in total. The Morgan fingerprint density at radius 2 is 2.04 bits per heavy atom. The Morgan fingerprint density at radius 1 is 1.23 bits per heavy atom. The number of anilines is 1. The summed E-state index contributed by atoms with van der Waals surface area (Å²) in [6.45, 7) is 0.273. The molecule has 8 nitrogen and oxygen atoms in total. The number of amides is 1. The van der Waals surface area contributed by atoms with E-state index in [2.05, 4.69) is 29.9 Å². The van der Waals surface area contributed by atoms with E-state index in [-0.39, 0.29) is 17.9 Å². The van der Waals surface area contributed by atoms with Crippen molar-refractivity contribution in [2.24, 2.45) is 5.73 Å². The number of hydrogen-bond acceptors (Lipinski definition) is 7. The molecule has 0 radical (unpaired) electrons. The first-order chi connectivity index (χ1) is 12.3. The summed E-state index contributed by atoms with van der Waals surface area (Å²) in [4.78, 5) is 22.6. The second kappa shape index (κ2) is 6.78. The fraction of sp³-hybridized carbons (Fsp3) is 0.133. The monoisotopic (exact) mass is 364 g/mol. The highest BCUT2D eigenvalue weighted by Crippen LogP contribution is 2.29. The van der Waals surface area contributed by atoms with E-state index in [1.165, 1.54) is 30.6 Å². The number of halogens is 3. The van der Waals surface area contributed by atoms with Gasteiger partial charge in [-0.25, -0.2) is 4.98 Å². The molecular weight excluding hydrogens is 353 g/mol. The molecule has 0 unspecified atom stereocenters. The summed E-state index contributed by atoms with van der Waals surface area (Å²) < 4.78 is 41.6. The minimum absolute atomic E-state index is 0.208. The standard InChI is InChI=1S/C15H11F3N6O2/c16-15(17,18)14-23-13(24-26-14)9-1-2-10(21-6-9)7-22-11-5-8(12(19)25)3-4-20-11/h1-6H,7H2,(H2,19,25)(H,20,22). The third-order valence-electron chi connectivity index (χ3n) is 3.25. The third kappa shape index (κ3) is 3.94. The summed E-state index contributed by atoms with van der Waals surface area (Å²) in [6.07, 6.45) is -1.93. The van der Waals surface area contributed by atoms with Crippen LogP contribution in [0.3, 0.4) is 0 Å². The molecule has 0 aliphatic carbocycles. The average molecular weight is 364 g/mol. The van der Waals surface area contributed by atoms with Gasteiger partial charge in [-0.05, 0) is 24.3 Å². The lowest BCUT2D eigenvalue weighted by Crippen LogP contribution is -2.12. The number of nitrogens with one attached hydrogen (secondary N) is 1. The number of carbonyl (C=O) groups excluding carboxylic acids is 1. The van der Waals surface area contributed by atoms with Crippen molar-refractivity contribution in [3.63, 3.8) is 0 Å². The molecule has 0 bridgehead atoms. The molecule has 0 aliphatic heterocycles. The van der Waals surface area contributed by atoms with Crippen molar-refractivity contribution in [3.8, 4) is 11.4 Å². The summed E-state index contributed by atoms with van der Waals surface area (Å²) in [7, 11) is 0. The third-order valence-corrected chi connectivity index (χ3v) is 3.25. The van der Waals surface area contributed by atoms with Gasteiger partial charge in [-0.3, -0.25) is 9.78 Å². The van der Waals surface area contributed by atoms with Crippen molar-refractivity contribution in [2.45, 2.75) is 12.7 Å². The van der Waals surface area contributed by atoms with Crippen molar-refractivity contribution < 1.29 is 22.5 Å². The first-order valence-electron chi connectivity index (χ1n) is 7.19. The van der Waals surface area contributed by atoms with Crippen LogP contribution in [0.1, 0.15) is 21.9 Å². The molecule has 0 spiro atoms. The highest BCUT2D eigenvalue weighted by Gasteiger charge is 2.38. The Hall–Kier alpha value is -3.50. The van der Waals surface area contributed by atoms with Gasteiger partial charge in [-0.1, -0.05) is 5.16 Å². The second-order valence-electron chi connectivity index (χ2n) is 5.11. The Kier molecular flexibility index (Phi) is 4.52. The van der Waals surface area contributed by atoms with Crippen LogP contribution >= 0.6 is 0 Å². The molecule has 0 aromatic carbocycles. The number of nitrogens with zero attached hydrogens (tertiary/aromatic N) is 4. The van der Waals surface area contributed by atoms with Crippen LogP contribution < -0.4 is 11.1 Å². The van der Waals surface area contributed by atoms with E-state index in [4.69, 9.17) is 5.73 Å². The molecule has 0 saturated carbocycles. The lowest BCUT2D eigenvalue weighted by molar-refractivity contribution is -0.159. The summed E-state index contributed by atoms with van der Waals surface area (Å²) in [5.74, 6) is -1.77. The number of alkyl halides is 3. The maximum absolute atomic E-state index is 12.5. The number of pyridine rings is 2. The molecule has 11 heteroatoms. The van der Waals surface area contributed by atoms with Crippen molar-refractivity contribution in [3.05, 3.63) is 53.8 Å². The van der Waals surface area contributed by atoms with E-state index in [1.54, 1.807) is 6.07 Å². The van der Waals surface area contributed by atoms with Crippen LogP contribution in [0.15, 0.2) is 41.2 Å². The minimum atomic E-state index is -4.70. The van der Waals surface area contributed by atoms with Crippen LogP contribution in [0.2, 0.25) is 0 Å². The van der Waals surface area contributed by atoms with Gasteiger partial charge in [0.2, 0.25) is 11.7 Å². The molecule has 134 valence electrons. The highest BCUT2D eigenvalue weighted by molar-refractivity contribution is 5.93. The Bertz CT molecular complexity index is 924. The van der Waals surface area contributed by atoms with Crippen LogP contribution in [-0.4, -0.2) is 26.0 Å². The first kappa shape index (κ1) is 17.3. The minimum Gasteiger partial charge on any atom is -0.366 e. The summed E-state index contributed by atoms with van der Waals surface area (Å²) in [5.41, 5.74) is 6.36. The number of aromatic nitrogens is 4. The van der Waals surface area contributed by atoms with Gasteiger partial charge in [0.25, 0.3) is 0 Å². The quantitative estimate of drug-likeness (QED) is 0.712. The van der Waals surface area contributed by atoms with Crippen LogP contribution in [0, 0.1) is 0 Å². The fourth-order valence-electron chi connectivity index (χ4n) is 1.98. The van der Waals surface area contributed by atoms with Crippen LogP contribution in [0.4, 0.5) is 19.0 Å². The van der Waals surface area contributed by atoms with Gasteiger partial charge in [0.15, 0.2) is 0 Å². The lowest BCUT2D eigenvalue weighted by atomic mass is 10.2. The van der Waals surface area contributed by atoms with E-state index in [9.17, 15) is 18.0 Å². The van der Waals surface area contributed by atoms with Crippen LogP contribution in [0.25, 0.3) is 11.4 Å². The fourth-order valence-corrected chi connectivity index (χ4v) is 1.98. The molecule has 3 rings (SSSR count). The van der Waals surface area contributed by atoms with Gasteiger partial charge in [0.05, 0.1) is 12.2 Å². The van der Waals surface area contributed by atoms with E-state index in [0.29, 0.717) is 17.1 Å². The largest absolute Gasteiger partial charge is 0.471 e. The maximum atomic E-state index is 12.5. The van der Waals surface area contributed by atoms with Gasteiger partial charge >= 0.3 is 12.1 Å². The average Bonchev–Trinajstić information content (AvgIpc) is 3.11. The van der Waals surface area contributed by atoms with Gasteiger partial charge < -0.3 is 15.6 Å². The van der Waals surface area contributed by atoms with E-state index >= 15 is 0 Å². The Labute approximate surface area is 144 Å². The molecular formula is C15H11F3N6O2. The lowest BCUT2D eigenvalue weighted by Gasteiger charge is -2.06. The van der Waals surface area contributed by atoms with Gasteiger partial charge in [-0.2, -0.15) is 18.2 Å². The molecule has 0 fully saturated rings. The van der Waals surface area contributed by atoms with Crippen molar-refractivity contribution in [1.82, 2.24) is 20.1 Å². The molecule has 3 aromatic heterocycles. The molecule has 0 aliphatic rings. The topological polar surface area (TPSA) is 120 Å². The highest BCUT2D eigenvalue weighted by atomic mass is 19.4. The molecule has 3 aromatic rings. The normalized spacial score (nSPS) is 11.3. The summed E-state index contributed by atoms with van der Waals surface area (Å²) >= 11 is 0.